The van der Waals surface area contributed by atoms with E-state index < -0.39 is 5.91 Å². The Bertz CT molecular complexity index is 792. The minimum absolute atomic E-state index is 0.248. The van der Waals surface area contributed by atoms with Crippen molar-refractivity contribution in [2.45, 2.75) is 38.3 Å². The number of anilines is 1. The molecule has 0 bridgehead atoms. The van der Waals surface area contributed by atoms with Crippen molar-refractivity contribution in [1.82, 2.24) is 4.98 Å². The molecule has 1 aromatic carbocycles. The average molecular weight is 376 g/mol. The molecule has 0 spiro atoms. The molecule has 1 aliphatic rings. The maximum absolute atomic E-state index is 11.2. The smallest absolute Gasteiger partial charge is 0.250 e. The Balaban J connectivity index is 1.75. The molecule has 1 aromatic heterocycles. The van der Waals surface area contributed by atoms with E-state index in [4.69, 9.17) is 26.8 Å². The molecule has 138 valence electrons. The van der Waals surface area contributed by atoms with Crippen molar-refractivity contribution in [1.29, 1.82) is 0 Å². The van der Waals surface area contributed by atoms with Gasteiger partial charge in [-0.25, -0.2) is 4.98 Å². The number of ether oxygens (including phenoxy) is 2. The number of carbonyl (C=O) groups excluding carboxylic acids is 1. The third kappa shape index (κ3) is 4.38. The summed E-state index contributed by atoms with van der Waals surface area (Å²) >= 11 is 6.18. The van der Waals surface area contributed by atoms with Gasteiger partial charge < -0.3 is 20.5 Å². The van der Waals surface area contributed by atoms with Crippen LogP contribution in [0.15, 0.2) is 30.5 Å². The van der Waals surface area contributed by atoms with Gasteiger partial charge in [-0.1, -0.05) is 11.6 Å². The van der Waals surface area contributed by atoms with E-state index in [0.717, 1.165) is 29.9 Å². The summed E-state index contributed by atoms with van der Waals surface area (Å²) in [5.74, 6) is 1.48. The second kappa shape index (κ2) is 8.27. The van der Waals surface area contributed by atoms with E-state index in [-0.39, 0.29) is 11.7 Å². The van der Waals surface area contributed by atoms with E-state index in [1.807, 2.05) is 18.2 Å². The summed E-state index contributed by atoms with van der Waals surface area (Å²) in [6.07, 6.45) is 6.21. The molecular weight excluding hydrogens is 354 g/mol. The number of nitrogens with one attached hydrogen (secondary N) is 1. The topological polar surface area (TPSA) is 86.5 Å². The van der Waals surface area contributed by atoms with Gasteiger partial charge in [-0.15, -0.1) is 0 Å². The molecule has 26 heavy (non-hydrogen) atoms. The summed E-state index contributed by atoms with van der Waals surface area (Å²) in [6.45, 7) is 0.481. The van der Waals surface area contributed by atoms with Crippen LogP contribution in [0, 0.1) is 0 Å². The SMILES string of the molecule is COc1ccc(CNc2ncc(C(N)=O)cc2Cl)c(OC2CCCC2)c1. The number of halogens is 1. The lowest BCUT2D eigenvalue weighted by Crippen LogP contribution is -2.14. The lowest BCUT2D eigenvalue weighted by atomic mass is 10.1. The van der Waals surface area contributed by atoms with Gasteiger partial charge in [-0.2, -0.15) is 0 Å². The van der Waals surface area contributed by atoms with Crippen LogP contribution in [0.2, 0.25) is 5.02 Å². The third-order valence-electron chi connectivity index (χ3n) is 4.44. The van der Waals surface area contributed by atoms with Crippen LogP contribution >= 0.6 is 11.6 Å². The van der Waals surface area contributed by atoms with Gasteiger partial charge in [-0.05, 0) is 43.9 Å². The zero-order chi connectivity index (χ0) is 18.5. The van der Waals surface area contributed by atoms with Crippen LogP contribution in [0.5, 0.6) is 11.5 Å². The first-order valence-corrected chi connectivity index (χ1v) is 8.97. The summed E-state index contributed by atoms with van der Waals surface area (Å²) in [5.41, 5.74) is 6.49. The number of pyridine rings is 1. The fourth-order valence-electron chi connectivity index (χ4n) is 2.99. The number of rotatable bonds is 7. The lowest BCUT2D eigenvalue weighted by Gasteiger charge is -2.18. The minimum atomic E-state index is -0.562. The molecule has 2 aromatic rings. The van der Waals surface area contributed by atoms with Gasteiger partial charge in [0.1, 0.15) is 17.3 Å². The zero-order valence-corrected chi connectivity index (χ0v) is 15.4. The summed E-state index contributed by atoms with van der Waals surface area (Å²) in [4.78, 5) is 15.4. The monoisotopic (exact) mass is 375 g/mol. The number of hydrogen-bond acceptors (Lipinski definition) is 5. The van der Waals surface area contributed by atoms with E-state index in [9.17, 15) is 4.79 Å². The number of amides is 1. The quantitative estimate of drug-likeness (QED) is 0.769. The van der Waals surface area contributed by atoms with Crippen LogP contribution < -0.4 is 20.5 Å². The summed E-state index contributed by atoms with van der Waals surface area (Å²) in [5, 5.41) is 3.52. The lowest BCUT2D eigenvalue weighted by molar-refractivity contribution is 0.1000. The highest BCUT2D eigenvalue weighted by molar-refractivity contribution is 6.33. The predicted molar refractivity (Wildman–Crippen MR) is 101 cm³/mol. The van der Waals surface area contributed by atoms with Crippen LogP contribution in [-0.2, 0) is 6.54 Å². The first-order valence-electron chi connectivity index (χ1n) is 8.59. The molecule has 3 N–H and O–H groups in total. The van der Waals surface area contributed by atoms with Crippen LogP contribution in [0.1, 0.15) is 41.6 Å². The van der Waals surface area contributed by atoms with Crippen LogP contribution in [0.25, 0.3) is 0 Å². The van der Waals surface area contributed by atoms with Crippen molar-refractivity contribution >= 4 is 23.3 Å². The number of aromatic nitrogens is 1. The van der Waals surface area contributed by atoms with Gasteiger partial charge in [0.2, 0.25) is 5.91 Å². The standard InChI is InChI=1S/C19H22ClN3O3/c1-25-15-7-6-12(17(9-15)26-14-4-2-3-5-14)10-22-19-16(20)8-13(11-23-19)18(21)24/h6-9,11,14H,2-5,10H2,1H3,(H2,21,24)(H,22,23). The Morgan fingerprint density at radius 3 is 2.77 bits per heavy atom. The van der Waals surface area contributed by atoms with Gasteiger partial charge in [0.25, 0.3) is 0 Å². The summed E-state index contributed by atoms with van der Waals surface area (Å²) in [6, 6.07) is 7.26. The summed E-state index contributed by atoms with van der Waals surface area (Å²) < 4.78 is 11.5. The Kier molecular flexibility index (Phi) is 5.83. The molecule has 7 heteroatoms. The van der Waals surface area contributed by atoms with E-state index >= 15 is 0 Å². The van der Waals surface area contributed by atoms with Crippen LogP contribution in [0.4, 0.5) is 5.82 Å². The van der Waals surface area contributed by atoms with E-state index in [1.165, 1.54) is 25.1 Å². The summed E-state index contributed by atoms with van der Waals surface area (Å²) in [7, 11) is 1.64. The van der Waals surface area contributed by atoms with Gasteiger partial charge in [0.05, 0.1) is 23.8 Å². The fraction of sp³-hybridized carbons (Fsp3) is 0.368. The second-order valence-electron chi connectivity index (χ2n) is 6.27. The second-order valence-corrected chi connectivity index (χ2v) is 6.68. The predicted octanol–water partition coefficient (Wildman–Crippen LogP) is 3.78. The number of primary amides is 1. The average Bonchev–Trinajstić information content (AvgIpc) is 3.14. The highest BCUT2D eigenvalue weighted by Gasteiger charge is 2.18. The molecule has 0 unspecified atom stereocenters. The van der Waals surface area contributed by atoms with Crippen LogP contribution in [0.3, 0.4) is 0 Å². The normalized spacial score (nSPS) is 14.2. The Hall–Kier alpha value is -2.47. The van der Waals surface area contributed by atoms with Gasteiger partial charge in [0.15, 0.2) is 0 Å². The molecule has 3 rings (SSSR count). The Morgan fingerprint density at radius 2 is 2.12 bits per heavy atom. The Morgan fingerprint density at radius 1 is 1.35 bits per heavy atom. The number of benzene rings is 1. The van der Waals surface area contributed by atoms with E-state index in [1.54, 1.807) is 7.11 Å². The minimum Gasteiger partial charge on any atom is -0.497 e. The number of nitrogens with zero attached hydrogens (tertiary/aromatic N) is 1. The van der Waals surface area contributed by atoms with Crippen molar-refractivity contribution in [3.8, 4) is 11.5 Å². The van der Waals surface area contributed by atoms with Crippen molar-refractivity contribution < 1.29 is 14.3 Å². The molecule has 6 nitrogen and oxygen atoms in total. The van der Waals surface area contributed by atoms with Gasteiger partial charge >= 0.3 is 0 Å². The number of methoxy groups -OCH3 is 1. The molecule has 1 heterocycles. The van der Waals surface area contributed by atoms with Crippen molar-refractivity contribution in [3.05, 3.63) is 46.6 Å². The number of hydrogen-bond donors (Lipinski definition) is 2. The zero-order valence-electron chi connectivity index (χ0n) is 14.6. The first-order chi connectivity index (χ1) is 12.6. The molecular formula is C19H22ClN3O3. The molecule has 0 radical (unpaired) electrons. The fourth-order valence-corrected chi connectivity index (χ4v) is 3.22. The van der Waals surface area contributed by atoms with Crippen molar-refractivity contribution in [2.24, 2.45) is 5.73 Å². The number of carbonyl (C=O) groups is 1. The van der Waals surface area contributed by atoms with Crippen molar-refractivity contribution in [3.63, 3.8) is 0 Å². The third-order valence-corrected chi connectivity index (χ3v) is 4.73. The maximum atomic E-state index is 11.2. The molecule has 0 saturated heterocycles. The number of nitrogens with two attached hydrogens (primary N) is 1. The molecule has 0 atom stereocenters. The molecule has 1 amide bonds. The Labute approximate surface area is 157 Å². The maximum Gasteiger partial charge on any atom is 0.250 e. The van der Waals surface area contributed by atoms with Crippen molar-refractivity contribution in [2.75, 3.05) is 12.4 Å². The molecule has 1 fully saturated rings. The highest BCUT2D eigenvalue weighted by atomic mass is 35.5. The largest absolute Gasteiger partial charge is 0.497 e. The van der Waals surface area contributed by atoms with Crippen LogP contribution in [-0.4, -0.2) is 24.1 Å². The van der Waals surface area contributed by atoms with E-state index in [2.05, 4.69) is 10.3 Å². The molecule has 1 aliphatic carbocycles. The molecule has 1 saturated carbocycles. The van der Waals surface area contributed by atoms with E-state index in [0.29, 0.717) is 17.4 Å². The van der Waals surface area contributed by atoms with Gasteiger partial charge in [-0.3, -0.25) is 4.79 Å². The van der Waals surface area contributed by atoms with Gasteiger partial charge in [0, 0.05) is 24.4 Å². The first kappa shape index (κ1) is 18.3. The highest BCUT2D eigenvalue weighted by Crippen LogP contribution is 2.31. The molecule has 0 aliphatic heterocycles.